The highest BCUT2D eigenvalue weighted by atomic mass is 32.1. The van der Waals surface area contributed by atoms with E-state index in [9.17, 15) is 9.59 Å². The van der Waals surface area contributed by atoms with Crippen LogP contribution in [0.3, 0.4) is 0 Å². The van der Waals surface area contributed by atoms with E-state index >= 15 is 0 Å². The summed E-state index contributed by atoms with van der Waals surface area (Å²) in [6.07, 6.45) is 2.30. The molecule has 0 spiro atoms. The molecule has 0 aliphatic rings. The van der Waals surface area contributed by atoms with Gasteiger partial charge in [-0.25, -0.2) is 0 Å². The molecule has 0 bridgehead atoms. The lowest BCUT2D eigenvalue weighted by atomic mass is 10.2. The smallest absolute Gasteiger partial charge is 0.265 e. The van der Waals surface area contributed by atoms with E-state index in [1.165, 1.54) is 18.4 Å². The minimum absolute atomic E-state index is 0.0412. The minimum atomic E-state index is -0.165. The van der Waals surface area contributed by atoms with E-state index in [0.717, 1.165) is 12.8 Å². The summed E-state index contributed by atoms with van der Waals surface area (Å²) in [5, 5.41) is 7.49. The number of ether oxygens (including phenoxy) is 1. The Morgan fingerprint density at radius 2 is 2.04 bits per heavy atom. The molecule has 1 aromatic heterocycles. The zero-order chi connectivity index (χ0) is 16.7. The monoisotopic (exact) mass is 332 g/mol. The molecule has 2 N–H and O–H groups in total. The van der Waals surface area contributed by atoms with Gasteiger partial charge in [-0.05, 0) is 30.0 Å². The molecule has 0 saturated heterocycles. The molecule has 6 heteroatoms. The van der Waals surface area contributed by atoms with Crippen molar-refractivity contribution in [2.24, 2.45) is 0 Å². The highest BCUT2D eigenvalue weighted by Crippen LogP contribution is 2.28. The molecule has 23 heavy (non-hydrogen) atoms. The van der Waals surface area contributed by atoms with Crippen LogP contribution in [0.1, 0.15) is 35.9 Å². The fourth-order valence-electron chi connectivity index (χ4n) is 2.02. The molecule has 0 atom stereocenters. The van der Waals surface area contributed by atoms with Crippen LogP contribution in [0.2, 0.25) is 0 Å². The Balaban J connectivity index is 2.06. The number of carbonyl (C=O) groups is 2. The fraction of sp³-hybridized carbons (Fsp3) is 0.294. The molecule has 122 valence electrons. The van der Waals surface area contributed by atoms with Gasteiger partial charge < -0.3 is 15.4 Å². The first-order chi connectivity index (χ1) is 11.1. The Morgan fingerprint density at radius 3 is 2.70 bits per heavy atom. The molecule has 0 unspecified atom stereocenters. The first kappa shape index (κ1) is 17.0. The van der Waals surface area contributed by atoms with Crippen LogP contribution in [-0.2, 0) is 4.79 Å². The predicted octanol–water partition coefficient (Wildman–Crippen LogP) is 4.14. The van der Waals surface area contributed by atoms with Crippen LogP contribution >= 0.6 is 11.3 Å². The second-order valence-corrected chi connectivity index (χ2v) is 5.95. The van der Waals surface area contributed by atoms with Crippen molar-refractivity contribution in [1.82, 2.24) is 0 Å². The van der Waals surface area contributed by atoms with E-state index in [4.69, 9.17) is 4.74 Å². The van der Waals surface area contributed by atoms with Gasteiger partial charge in [-0.1, -0.05) is 19.4 Å². The summed E-state index contributed by atoms with van der Waals surface area (Å²) < 4.78 is 5.30. The molecule has 2 rings (SSSR count). The number of anilines is 2. The number of benzene rings is 1. The maximum atomic E-state index is 12.0. The van der Waals surface area contributed by atoms with E-state index in [1.807, 2.05) is 18.4 Å². The summed E-state index contributed by atoms with van der Waals surface area (Å²) >= 11 is 1.38. The van der Waals surface area contributed by atoms with E-state index in [0.29, 0.717) is 28.4 Å². The number of methoxy groups -OCH3 is 1. The molecule has 1 aromatic carbocycles. The van der Waals surface area contributed by atoms with Gasteiger partial charge in [0.1, 0.15) is 5.75 Å². The van der Waals surface area contributed by atoms with Gasteiger partial charge in [0, 0.05) is 18.2 Å². The van der Waals surface area contributed by atoms with Crippen molar-refractivity contribution in [1.29, 1.82) is 0 Å². The summed E-state index contributed by atoms with van der Waals surface area (Å²) in [4.78, 5) is 24.5. The van der Waals surface area contributed by atoms with Crippen molar-refractivity contribution in [2.45, 2.75) is 26.2 Å². The predicted molar refractivity (Wildman–Crippen MR) is 93.4 cm³/mol. The second kappa shape index (κ2) is 8.33. The average Bonchev–Trinajstić information content (AvgIpc) is 3.09. The van der Waals surface area contributed by atoms with Crippen molar-refractivity contribution in [3.05, 3.63) is 40.6 Å². The van der Waals surface area contributed by atoms with Crippen LogP contribution in [0.4, 0.5) is 11.4 Å². The van der Waals surface area contributed by atoms with E-state index in [1.54, 1.807) is 24.3 Å². The molecule has 1 heterocycles. The molecule has 2 aromatic rings. The molecule has 0 aliphatic carbocycles. The van der Waals surface area contributed by atoms with Gasteiger partial charge in [0.05, 0.1) is 17.7 Å². The maximum absolute atomic E-state index is 12.0. The Hall–Kier alpha value is -2.34. The third-order valence-corrected chi connectivity index (χ3v) is 4.10. The van der Waals surface area contributed by atoms with Gasteiger partial charge >= 0.3 is 0 Å². The van der Waals surface area contributed by atoms with Crippen LogP contribution in [0.25, 0.3) is 0 Å². The van der Waals surface area contributed by atoms with Gasteiger partial charge in [0.25, 0.3) is 5.91 Å². The Morgan fingerprint density at radius 1 is 1.22 bits per heavy atom. The van der Waals surface area contributed by atoms with Crippen molar-refractivity contribution in [3.8, 4) is 5.75 Å². The summed E-state index contributed by atoms with van der Waals surface area (Å²) in [5.41, 5.74) is 1.22. The van der Waals surface area contributed by atoms with Crippen LogP contribution in [0.5, 0.6) is 5.75 Å². The number of nitrogens with one attached hydrogen (secondary N) is 2. The number of hydrogen-bond donors (Lipinski definition) is 2. The number of thiophene rings is 1. The Kier molecular flexibility index (Phi) is 6.17. The standard InChI is InChI=1S/C17H20N2O3S/c1-3-4-7-16(20)19-13-9-8-12(11-14(13)22-2)18-17(21)15-6-5-10-23-15/h5-6,8-11H,3-4,7H2,1-2H3,(H,18,21)(H,19,20). The van der Waals surface area contributed by atoms with Crippen molar-refractivity contribution < 1.29 is 14.3 Å². The van der Waals surface area contributed by atoms with E-state index in [-0.39, 0.29) is 11.8 Å². The number of rotatable bonds is 7. The lowest BCUT2D eigenvalue weighted by Gasteiger charge is -2.12. The second-order valence-electron chi connectivity index (χ2n) is 5.00. The topological polar surface area (TPSA) is 67.4 Å². The summed E-state index contributed by atoms with van der Waals surface area (Å²) in [7, 11) is 1.53. The SMILES string of the molecule is CCCCC(=O)Nc1ccc(NC(=O)c2cccs2)cc1OC. The van der Waals surface area contributed by atoms with Crippen LogP contribution in [0, 0.1) is 0 Å². The summed E-state index contributed by atoms with van der Waals surface area (Å²) in [6, 6.07) is 8.76. The Bertz CT molecular complexity index is 668. The maximum Gasteiger partial charge on any atom is 0.265 e. The van der Waals surface area contributed by atoms with Crippen LogP contribution in [-0.4, -0.2) is 18.9 Å². The molecule has 0 fully saturated rings. The quantitative estimate of drug-likeness (QED) is 0.801. The first-order valence-corrected chi connectivity index (χ1v) is 8.34. The van der Waals surface area contributed by atoms with E-state index < -0.39 is 0 Å². The number of hydrogen-bond acceptors (Lipinski definition) is 4. The zero-order valence-electron chi connectivity index (χ0n) is 13.2. The molecular formula is C17H20N2O3S. The summed E-state index contributed by atoms with van der Waals surface area (Å²) in [6.45, 7) is 2.04. The number of amides is 2. The van der Waals surface area contributed by atoms with Gasteiger partial charge in [-0.2, -0.15) is 0 Å². The summed E-state index contributed by atoms with van der Waals surface area (Å²) in [5.74, 6) is 0.307. The minimum Gasteiger partial charge on any atom is -0.494 e. The van der Waals surface area contributed by atoms with Crippen molar-refractivity contribution in [2.75, 3.05) is 17.7 Å². The van der Waals surface area contributed by atoms with Crippen molar-refractivity contribution in [3.63, 3.8) is 0 Å². The molecule has 0 aliphatic heterocycles. The average molecular weight is 332 g/mol. The van der Waals surface area contributed by atoms with Gasteiger partial charge in [-0.15, -0.1) is 11.3 Å². The first-order valence-electron chi connectivity index (χ1n) is 7.46. The zero-order valence-corrected chi connectivity index (χ0v) is 14.0. The molecular weight excluding hydrogens is 312 g/mol. The van der Waals surface area contributed by atoms with Crippen LogP contribution in [0.15, 0.2) is 35.7 Å². The fourth-order valence-corrected chi connectivity index (χ4v) is 2.64. The highest BCUT2D eigenvalue weighted by Gasteiger charge is 2.11. The van der Waals surface area contributed by atoms with Gasteiger partial charge in [0.15, 0.2) is 0 Å². The normalized spacial score (nSPS) is 10.2. The van der Waals surface area contributed by atoms with E-state index in [2.05, 4.69) is 10.6 Å². The van der Waals surface area contributed by atoms with Crippen molar-refractivity contribution >= 4 is 34.5 Å². The third-order valence-electron chi connectivity index (χ3n) is 3.24. The van der Waals surface area contributed by atoms with Gasteiger partial charge in [0.2, 0.25) is 5.91 Å². The molecule has 0 saturated carbocycles. The lowest BCUT2D eigenvalue weighted by Crippen LogP contribution is -2.13. The largest absolute Gasteiger partial charge is 0.494 e. The van der Waals surface area contributed by atoms with Crippen LogP contribution < -0.4 is 15.4 Å². The van der Waals surface area contributed by atoms with Gasteiger partial charge in [-0.3, -0.25) is 9.59 Å². The molecule has 5 nitrogen and oxygen atoms in total. The highest BCUT2D eigenvalue weighted by molar-refractivity contribution is 7.12. The molecule has 0 radical (unpaired) electrons. The number of carbonyl (C=O) groups excluding carboxylic acids is 2. The lowest BCUT2D eigenvalue weighted by molar-refractivity contribution is -0.116. The molecule has 2 amide bonds. The third kappa shape index (κ3) is 4.82. The number of unbranched alkanes of at least 4 members (excludes halogenated alkanes) is 1. The Labute approximate surface area is 139 Å².